The van der Waals surface area contributed by atoms with E-state index in [9.17, 15) is 0 Å². The fourth-order valence-corrected chi connectivity index (χ4v) is 2.42. The Hall–Kier alpha value is -1.10. The monoisotopic (exact) mass is 265 g/mol. The molecule has 0 spiro atoms. The van der Waals surface area contributed by atoms with E-state index in [1.165, 1.54) is 0 Å². The molecular formula is C15H23NO3. The lowest BCUT2D eigenvalue weighted by Gasteiger charge is -2.22. The topological polar surface area (TPSA) is 53.7 Å². The third-order valence-electron chi connectivity index (χ3n) is 3.49. The molecule has 1 aromatic carbocycles. The van der Waals surface area contributed by atoms with Crippen LogP contribution in [0.2, 0.25) is 0 Å². The van der Waals surface area contributed by atoms with E-state index < -0.39 is 0 Å². The van der Waals surface area contributed by atoms with Crippen LogP contribution in [0.3, 0.4) is 0 Å². The van der Waals surface area contributed by atoms with E-state index in [4.69, 9.17) is 19.9 Å². The molecule has 106 valence electrons. The van der Waals surface area contributed by atoms with Gasteiger partial charge in [-0.05, 0) is 25.8 Å². The zero-order chi connectivity index (χ0) is 13.7. The lowest BCUT2D eigenvalue weighted by molar-refractivity contribution is 0.0393. The Morgan fingerprint density at radius 1 is 1.32 bits per heavy atom. The van der Waals surface area contributed by atoms with Gasteiger partial charge in [0.15, 0.2) is 0 Å². The third kappa shape index (κ3) is 3.69. The molecule has 0 aromatic heterocycles. The van der Waals surface area contributed by atoms with Crippen molar-refractivity contribution in [3.63, 3.8) is 0 Å². The Labute approximate surface area is 114 Å². The van der Waals surface area contributed by atoms with Crippen molar-refractivity contribution < 1.29 is 14.2 Å². The van der Waals surface area contributed by atoms with Crippen molar-refractivity contribution in [2.45, 2.75) is 38.0 Å². The number of hydrogen-bond acceptors (Lipinski definition) is 4. The van der Waals surface area contributed by atoms with Crippen LogP contribution in [0.4, 0.5) is 0 Å². The summed E-state index contributed by atoms with van der Waals surface area (Å²) in [5.41, 5.74) is 7.34. The molecule has 1 fully saturated rings. The number of rotatable bonds is 6. The first-order valence-corrected chi connectivity index (χ1v) is 6.84. The molecule has 3 atom stereocenters. The molecule has 1 heterocycles. The summed E-state index contributed by atoms with van der Waals surface area (Å²) in [5.74, 6) is 0.829. The number of ether oxygens (including phenoxy) is 3. The average Bonchev–Trinajstić information content (AvgIpc) is 2.85. The van der Waals surface area contributed by atoms with Gasteiger partial charge >= 0.3 is 0 Å². The van der Waals surface area contributed by atoms with Gasteiger partial charge in [-0.3, -0.25) is 0 Å². The summed E-state index contributed by atoms with van der Waals surface area (Å²) in [7, 11) is 1.66. The van der Waals surface area contributed by atoms with E-state index in [1.54, 1.807) is 7.11 Å². The van der Waals surface area contributed by atoms with Gasteiger partial charge in [-0.25, -0.2) is 0 Å². The summed E-state index contributed by atoms with van der Waals surface area (Å²) in [6.07, 6.45) is 2.47. The van der Waals surface area contributed by atoms with Crippen molar-refractivity contribution in [3.05, 3.63) is 29.8 Å². The summed E-state index contributed by atoms with van der Waals surface area (Å²) in [6.45, 7) is 3.19. The summed E-state index contributed by atoms with van der Waals surface area (Å²) in [4.78, 5) is 0. The van der Waals surface area contributed by atoms with E-state index in [0.717, 1.165) is 24.2 Å². The highest BCUT2D eigenvalue weighted by atomic mass is 16.5. The Balaban J connectivity index is 2.05. The van der Waals surface area contributed by atoms with Crippen LogP contribution in [-0.4, -0.2) is 32.5 Å². The maximum absolute atomic E-state index is 6.33. The van der Waals surface area contributed by atoms with E-state index in [-0.39, 0.29) is 12.1 Å². The highest BCUT2D eigenvalue weighted by Gasteiger charge is 2.29. The molecular weight excluding hydrogens is 242 g/mol. The van der Waals surface area contributed by atoms with Crippen LogP contribution >= 0.6 is 0 Å². The van der Waals surface area contributed by atoms with Crippen molar-refractivity contribution in [1.82, 2.24) is 0 Å². The molecule has 4 nitrogen and oxygen atoms in total. The summed E-state index contributed by atoms with van der Waals surface area (Å²) in [5, 5.41) is 0. The Bertz CT molecular complexity index is 397. The van der Waals surface area contributed by atoms with Gasteiger partial charge in [-0.15, -0.1) is 0 Å². The highest BCUT2D eigenvalue weighted by molar-refractivity contribution is 5.36. The van der Waals surface area contributed by atoms with Gasteiger partial charge in [-0.2, -0.15) is 0 Å². The zero-order valence-corrected chi connectivity index (χ0v) is 11.7. The van der Waals surface area contributed by atoms with Gasteiger partial charge in [0.05, 0.1) is 24.9 Å². The molecule has 0 radical (unpaired) electrons. The Kier molecular flexibility index (Phi) is 5.19. The third-order valence-corrected chi connectivity index (χ3v) is 3.49. The molecule has 1 aliphatic rings. The van der Waals surface area contributed by atoms with Crippen LogP contribution in [0.25, 0.3) is 0 Å². The van der Waals surface area contributed by atoms with Crippen molar-refractivity contribution in [3.8, 4) is 5.75 Å². The minimum absolute atomic E-state index is 0.0853. The molecule has 2 N–H and O–H groups in total. The van der Waals surface area contributed by atoms with Gasteiger partial charge in [-0.1, -0.05) is 18.2 Å². The normalized spacial score (nSPS) is 24.4. The molecule has 2 rings (SSSR count). The molecule has 0 amide bonds. The predicted octanol–water partition coefficient (Wildman–Crippen LogP) is 2.28. The molecule has 19 heavy (non-hydrogen) atoms. The fraction of sp³-hybridized carbons (Fsp3) is 0.600. The van der Waals surface area contributed by atoms with Crippen LogP contribution < -0.4 is 10.5 Å². The average molecular weight is 265 g/mol. The van der Waals surface area contributed by atoms with E-state index in [2.05, 4.69) is 6.92 Å². The summed E-state index contributed by atoms with van der Waals surface area (Å²) >= 11 is 0. The number of nitrogens with two attached hydrogens (primary N) is 1. The lowest BCUT2D eigenvalue weighted by Crippen LogP contribution is -2.27. The van der Waals surface area contributed by atoms with Crippen molar-refractivity contribution in [2.75, 3.05) is 20.3 Å². The molecule has 1 aliphatic heterocycles. The minimum Gasteiger partial charge on any atom is -0.491 e. The van der Waals surface area contributed by atoms with Gasteiger partial charge in [0, 0.05) is 12.7 Å². The van der Waals surface area contributed by atoms with Gasteiger partial charge in [0.2, 0.25) is 0 Å². The standard InChI is InChI=1S/C15H23NO3/c1-11-7-8-14(19-11)15(16)12-5-3-4-6-13(12)18-10-9-17-2/h3-6,11,14-15H,7-10,16H2,1-2H3. The number of para-hydroxylation sites is 1. The lowest BCUT2D eigenvalue weighted by atomic mass is 9.99. The largest absolute Gasteiger partial charge is 0.491 e. The van der Waals surface area contributed by atoms with Crippen LogP contribution in [0.15, 0.2) is 24.3 Å². The second-order valence-electron chi connectivity index (χ2n) is 4.97. The van der Waals surface area contributed by atoms with Crippen molar-refractivity contribution >= 4 is 0 Å². The Morgan fingerprint density at radius 2 is 2.11 bits per heavy atom. The molecule has 0 saturated carbocycles. The molecule has 1 saturated heterocycles. The highest BCUT2D eigenvalue weighted by Crippen LogP contribution is 2.32. The molecule has 1 aromatic rings. The van der Waals surface area contributed by atoms with Crippen LogP contribution in [0, 0.1) is 0 Å². The number of benzene rings is 1. The molecule has 4 heteroatoms. The molecule has 3 unspecified atom stereocenters. The fourth-order valence-electron chi connectivity index (χ4n) is 2.42. The van der Waals surface area contributed by atoms with Crippen molar-refractivity contribution in [2.24, 2.45) is 5.73 Å². The van der Waals surface area contributed by atoms with Gasteiger partial charge in [0.25, 0.3) is 0 Å². The van der Waals surface area contributed by atoms with Gasteiger partial charge < -0.3 is 19.9 Å². The second-order valence-corrected chi connectivity index (χ2v) is 4.97. The van der Waals surface area contributed by atoms with E-state index in [1.807, 2.05) is 24.3 Å². The van der Waals surface area contributed by atoms with Gasteiger partial charge in [0.1, 0.15) is 12.4 Å². The summed E-state index contributed by atoms with van der Waals surface area (Å²) in [6, 6.07) is 7.76. The molecule has 0 bridgehead atoms. The smallest absolute Gasteiger partial charge is 0.124 e. The van der Waals surface area contributed by atoms with Crippen molar-refractivity contribution in [1.29, 1.82) is 0 Å². The first kappa shape index (κ1) is 14.3. The number of methoxy groups -OCH3 is 1. The van der Waals surface area contributed by atoms with E-state index in [0.29, 0.717) is 19.3 Å². The number of hydrogen-bond donors (Lipinski definition) is 1. The minimum atomic E-state index is -0.135. The second kappa shape index (κ2) is 6.89. The first-order chi connectivity index (χ1) is 9.22. The molecule has 0 aliphatic carbocycles. The van der Waals surface area contributed by atoms with Crippen LogP contribution in [0.1, 0.15) is 31.4 Å². The Morgan fingerprint density at radius 3 is 2.79 bits per heavy atom. The maximum Gasteiger partial charge on any atom is 0.124 e. The summed E-state index contributed by atoms with van der Waals surface area (Å²) < 4.78 is 16.6. The van der Waals surface area contributed by atoms with Crippen LogP contribution in [-0.2, 0) is 9.47 Å². The van der Waals surface area contributed by atoms with E-state index >= 15 is 0 Å². The maximum atomic E-state index is 6.33. The van der Waals surface area contributed by atoms with Crippen LogP contribution in [0.5, 0.6) is 5.75 Å². The first-order valence-electron chi connectivity index (χ1n) is 6.84. The quantitative estimate of drug-likeness (QED) is 0.802. The predicted molar refractivity (Wildman–Crippen MR) is 74.3 cm³/mol. The zero-order valence-electron chi connectivity index (χ0n) is 11.7. The SMILES string of the molecule is COCCOc1ccccc1C(N)C1CCC(C)O1.